The number of aryl methyl sites for hydroxylation is 1. The summed E-state index contributed by atoms with van der Waals surface area (Å²) < 4.78 is 8.07. The highest BCUT2D eigenvalue weighted by Crippen LogP contribution is 1.95. The van der Waals surface area contributed by atoms with E-state index >= 15 is 0 Å². The Bertz CT molecular complexity index is 344. The lowest BCUT2D eigenvalue weighted by Crippen LogP contribution is -2.19. The maximum Gasteiger partial charge on any atom is 0.195 e. The molecule has 0 aliphatic rings. The summed E-state index contributed by atoms with van der Waals surface area (Å²) >= 11 is 5.07. The third-order valence-electron chi connectivity index (χ3n) is 2.09. The van der Waals surface area contributed by atoms with E-state index in [1.807, 2.05) is 25.6 Å². The highest BCUT2D eigenvalue weighted by molar-refractivity contribution is 7.71. The molecule has 0 saturated carbocycles. The molecule has 86 valence electrons. The van der Waals surface area contributed by atoms with Gasteiger partial charge in [-0.2, -0.15) is 5.10 Å². The van der Waals surface area contributed by atoms with Crippen LogP contribution >= 0.6 is 12.2 Å². The van der Waals surface area contributed by atoms with Gasteiger partial charge in [0.1, 0.15) is 5.82 Å². The van der Waals surface area contributed by atoms with Crippen LogP contribution < -0.4 is 0 Å². The van der Waals surface area contributed by atoms with Gasteiger partial charge in [-0.1, -0.05) is 0 Å². The van der Waals surface area contributed by atoms with Crippen LogP contribution in [0.2, 0.25) is 0 Å². The molecule has 0 fully saturated rings. The second-order valence-corrected chi connectivity index (χ2v) is 4.03. The van der Waals surface area contributed by atoms with Crippen LogP contribution in [-0.4, -0.2) is 53.5 Å². The topological polar surface area (TPSA) is 46.1 Å². The number of aromatic nitrogens is 3. The molecule has 0 aliphatic carbocycles. The Kier molecular flexibility index (Phi) is 4.93. The van der Waals surface area contributed by atoms with Crippen molar-refractivity contribution in [1.29, 1.82) is 0 Å². The van der Waals surface area contributed by atoms with Crippen LogP contribution in [0.5, 0.6) is 0 Å². The fraction of sp³-hybridized carbons (Fsp3) is 0.778. The minimum absolute atomic E-state index is 0.656. The lowest BCUT2D eigenvalue weighted by molar-refractivity contribution is 0.110. The Labute approximate surface area is 95.0 Å². The molecule has 0 unspecified atom stereocenters. The Morgan fingerprint density at radius 2 is 2.20 bits per heavy atom. The largest absolute Gasteiger partial charge is 0.378 e. The number of hydrogen-bond donors (Lipinski definition) is 1. The zero-order valence-corrected chi connectivity index (χ0v) is 10.3. The van der Waals surface area contributed by atoms with Gasteiger partial charge in [-0.15, -0.1) is 0 Å². The number of hydrogen-bond acceptors (Lipinski definition) is 4. The number of nitrogens with zero attached hydrogens (tertiary/aromatic N) is 3. The number of H-pyrrole nitrogens is 1. The summed E-state index contributed by atoms with van der Waals surface area (Å²) in [6, 6.07) is 0. The average Bonchev–Trinajstić information content (AvgIpc) is 2.47. The zero-order valence-electron chi connectivity index (χ0n) is 9.49. The van der Waals surface area contributed by atoms with Crippen LogP contribution in [0.15, 0.2) is 0 Å². The van der Waals surface area contributed by atoms with Gasteiger partial charge in [0.25, 0.3) is 0 Å². The zero-order chi connectivity index (χ0) is 11.3. The van der Waals surface area contributed by atoms with Crippen molar-refractivity contribution in [2.45, 2.75) is 13.5 Å². The van der Waals surface area contributed by atoms with Gasteiger partial charge >= 0.3 is 0 Å². The van der Waals surface area contributed by atoms with Gasteiger partial charge in [0.2, 0.25) is 0 Å². The molecule has 0 atom stereocenters. The quantitative estimate of drug-likeness (QED) is 0.581. The number of ether oxygens (including phenoxy) is 1. The summed E-state index contributed by atoms with van der Waals surface area (Å²) in [7, 11) is 4.05. The number of aromatic amines is 1. The maximum absolute atomic E-state index is 5.48. The summed E-state index contributed by atoms with van der Waals surface area (Å²) in [6.07, 6.45) is 0. The third-order valence-corrected chi connectivity index (χ3v) is 2.40. The van der Waals surface area contributed by atoms with E-state index in [1.165, 1.54) is 0 Å². The summed E-state index contributed by atoms with van der Waals surface area (Å²) in [4.78, 5) is 2.09. The Balaban J connectivity index is 2.23. The fourth-order valence-corrected chi connectivity index (χ4v) is 1.43. The SMILES string of the molecule is Cc1n[nH]c(=S)n1CCOCCN(C)C. The lowest BCUT2D eigenvalue weighted by atomic mass is 10.6. The lowest BCUT2D eigenvalue weighted by Gasteiger charge is -2.10. The van der Waals surface area contributed by atoms with Gasteiger partial charge in [0.15, 0.2) is 4.77 Å². The van der Waals surface area contributed by atoms with E-state index in [-0.39, 0.29) is 0 Å². The van der Waals surface area contributed by atoms with Crippen molar-refractivity contribution in [2.75, 3.05) is 33.9 Å². The summed E-state index contributed by atoms with van der Waals surface area (Å²) in [6.45, 7) is 5.04. The van der Waals surface area contributed by atoms with Crippen LogP contribution in [0.25, 0.3) is 0 Å². The molecular weight excluding hydrogens is 212 g/mol. The number of nitrogens with one attached hydrogen (secondary N) is 1. The smallest absolute Gasteiger partial charge is 0.195 e. The molecule has 1 N–H and O–H groups in total. The summed E-state index contributed by atoms with van der Waals surface area (Å²) in [5, 5.41) is 6.77. The molecule has 0 spiro atoms. The third kappa shape index (κ3) is 4.11. The minimum atomic E-state index is 0.656. The van der Waals surface area contributed by atoms with Gasteiger partial charge < -0.3 is 14.2 Å². The molecule has 15 heavy (non-hydrogen) atoms. The van der Waals surface area contributed by atoms with Crippen LogP contribution in [0, 0.1) is 11.7 Å². The van der Waals surface area contributed by atoms with Crippen LogP contribution in [0.4, 0.5) is 0 Å². The molecule has 0 radical (unpaired) electrons. The Morgan fingerprint density at radius 1 is 1.47 bits per heavy atom. The minimum Gasteiger partial charge on any atom is -0.378 e. The first-order chi connectivity index (χ1) is 7.11. The molecule has 0 saturated heterocycles. The maximum atomic E-state index is 5.48. The van der Waals surface area contributed by atoms with E-state index in [1.54, 1.807) is 0 Å². The van der Waals surface area contributed by atoms with Crippen LogP contribution in [0.1, 0.15) is 5.82 Å². The predicted molar refractivity (Wildman–Crippen MR) is 61.5 cm³/mol. The molecule has 1 aromatic rings. The molecule has 0 amide bonds. The average molecular weight is 230 g/mol. The van der Waals surface area contributed by atoms with Crippen molar-refractivity contribution in [3.8, 4) is 0 Å². The van der Waals surface area contributed by atoms with Gasteiger partial charge in [0, 0.05) is 13.1 Å². The standard InChI is InChI=1S/C9H18N4OS/c1-8-10-11-9(15)13(8)5-7-14-6-4-12(2)3/h4-7H2,1-3H3,(H,11,15). The van der Waals surface area contributed by atoms with Crippen molar-refractivity contribution in [2.24, 2.45) is 0 Å². The first-order valence-electron chi connectivity index (χ1n) is 4.95. The molecule has 1 heterocycles. The van der Waals surface area contributed by atoms with E-state index in [0.29, 0.717) is 11.4 Å². The molecular formula is C9H18N4OS. The Morgan fingerprint density at radius 3 is 2.73 bits per heavy atom. The van der Waals surface area contributed by atoms with Gasteiger partial charge in [-0.05, 0) is 33.2 Å². The fourth-order valence-electron chi connectivity index (χ4n) is 1.16. The summed E-state index contributed by atoms with van der Waals surface area (Å²) in [5.74, 6) is 0.899. The monoisotopic (exact) mass is 230 g/mol. The van der Waals surface area contributed by atoms with E-state index in [4.69, 9.17) is 17.0 Å². The van der Waals surface area contributed by atoms with E-state index in [9.17, 15) is 0 Å². The highest BCUT2D eigenvalue weighted by Gasteiger charge is 1.99. The molecule has 0 aliphatic heterocycles. The normalized spacial score (nSPS) is 11.2. The van der Waals surface area contributed by atoms with Gasteiger partial charge in [0.05, 0.1) is 13.2 Å². The van der Waals surface area contributed by atoms with Crippen LogP contribution in [-0.2, 0) is 11.3 Å². The molecule has 6 heteroatoms. The van der Waals surface area contributed by atoms with Gasteiger partial charge in [-0.25, -0.2) is 0 Å². The second-order valence-electron chi connectivity index (χ2n) is 3.64. The van der Waals surface area contributed by atoms with Crippen molar-refractivity contribution in [3.63, 3.8) is 0 Å². The number of likely N-dealkylation sites (N-methyl/N-ethyl adjacent to an activating group) is 1. The first kappa shape index (κ1) is 12.4. The van der Waals surface area contributed by atoms with Crippen molar-refractivity contribution >= 4 is 12.2 Å². The summed E-state index contributed by atoms with van der Waals surface area (Å²) in [5.41, 5.74) is 0. The second kappa shape index (κ2) is 5.99. The van der Waals surface area contributed by atoms with E-state index in [2.05, 4.69) is 15.1 Å². The van der Waals surface area contributed by atoms with E-state index < -0.39 is 0 Å². The predicted octanol–water partition coefficient (Wildman–Crippen LogP) is 0.827. The van der Waals surface area contributed by atoms with Crippen LogP contribution in [0.3, 0.4) is 0 Å². The van der Waals surface area contributed by atoms with E-state index in [0.717, 1.165) is 25.5 Å². The van der Waals surface area contributed by atoms with Gasteiger partial charge in [-0.3, -0.25) is 5.10 Å². The van der Waals surface area contributed by atoms with Crippen molar-refractivity contribution < 1.29 is 4.74 Å². The number of rotatable bonds is 6. The van der Waals surface area contributed by atoms with Crippen molar-refractivity contribution in [3.05, 3.63) is 10.6 Å². The molecule has 5 nitrogen and oxygen atoms in total. The molecule has 1 aromatic heterocycles. The molecule has 0 aromatic carbocycles. The highest BCUT2D eigenvalue weighted by atomic mass is 32.1. The van der Waals surface area contributed by atoms with Crippen molar-refractivity contribution in [1.82, 2.24) is 19.7 Å². The first-order valence-corrected chi connectivity index (χ1v) is 5.36. The Hall–Kier alpha value is -0.720. The molecule has 1 rings (SSSR count). The molecule has 0 bridgehead atoms.